The van der Waals surface area contributed by atoms with Crippen LogP contribution in [0.4, 0.5) is 5.13 Å². The van der Waals surface area contributed by atoms with Crippen molar-refractivity contribution in [1.82, 2.24) is 4.98 Å². The zero-order valence-electron chi connectivity index (χ0n) is 9.85. The highest BCUT2D eigenvalue weighted by Crippen LogP contribution is 2.31. The summed E-state index contributed by atoms with van der Waals surface area (Å²) in [5.74, 6) is 1.02. The van der Waals surface area contributed by atoms with Crippen molar-refractivity contribution in [2.24, 2.45) is 0 Å². The fraction of sp³-hybridized carbons (Fsp3) is 0.636. The van der Waals surface area contributed by atoms with Gasteiger partial charge in [0, 0.05) is 29.0 Å². The van der Waals surface area contributed by atoms with Crippen LogP contribution in [0.25, 0.3) is 0 Å². The Morgan fingerprint density at radius 1 is 1.65 bits per heavy atom. The van der Waals surface area contributed by atoms with Crippen molar-refractivity contribution in [3.05, 3.63) is 11.1 Å². The summed E-state index contributed by atoms with van der Waals surface area (Å²) in [4.78, 5) is 18.1. The van der Waals surface area contributed by atoms with Crippen LogP contribution in [-0.4, -0.2) is 40.2 Å². The molecule has 2 rings (SSSR count). The molecule has 0 bridgehead atoms. The van der Waals surface area contributed by atoms with E-state index in [1.54, 1.807) is 5.38 Å². The van der Waals surface area contributed by atoms with Crippen molar-refractivity contribution >= 4 is 45.6 Å². The number of hydrogen-bond acceptors (Lipinski definition) is 5. The number of anilines is 1. The number of thiazole rings is 1. The van der Waals surface area contributed by atoms with Crippen molar-refractivity contribution in [3.63, 3.8) is 0 Å². The molecule has 1 fully saturated rings. The summed E-state index contributed by atoms with van der Waals surface area (Å²) in [5, 5.41) is 3.34. The molecule has 0 aromatic carbocycles. The summed E-state index contributed by atoms with van der Waals surface area (Å²) in [5.41, 5.74) is 0.498. The van der Waals surface area contributed by atoms with E-state index in [0.717, 1.165) is 17.4 Å². The Balaban J connectivity index is 2.16. The molecule has 0 saturated carbocycles. The normalized spacial score (nSPS) is 25.0. The number of nitrogens with zero attached hydrogens (tertiary/aromatic N) is 2. The van der Waals surface area contributed by atoms with E-state index in [0.29, 0.717) is 17.0 Å². The second-order valence-corrected chi connectivity index (χ2v) is 6.67. The van der Waals surface area contributed by atoms with Gasteiger partial charge in [0.05, 0.1) is 5.88 Å². The molecule has 0 spiro atoms. The average Bonchev–Trinajstić information content (AvgIpc) is 2.81. The molecule has 1 saturated heterocycles. The van der Waals surface area contributed by atoms with Crippen LogP contribution in [0, 0.1) is 0 Å². The number of hydrogen-bond donors (Lipinski definition) is 0. The smallest absolute Gasteiger partial charge is 0.196 e. The molecular formula is C11H15ClN2OS2. The van der Waals surface area contributed by atoms with Crippen molar-refractivity contribution in [1.29, 1.82) is 0 Å². The second-order valence-electron chi connectivity index (χ2n) is 4.08. The molecule has 2 unspecified atom stereocenters. The van der Waals surface area contributed by atoms with Gasteiger partial charge in [-0.2, -0.15) is 11.8 Å². The van der Waals surface area contributed by atoms with Crippen LogP contribution in [0.15, 0.2) is 5.38 Å². The monoisotopic (exact) mass is 290 g/mol. The molecule has 6 heteroatoms. The third-order valence-corrected chi connectivity index (χ3v) is 5.49. The fourth-order valence-electron chi connectivity index (χ4n) is 1.80. The molecule has 1 aromatic heterocycles. The fourth-order valence-corrected chi connectivity index (χ4v) is 3.98. The molecular weight excluding hydrogens is 276 g/mol. The highest BCUT2D eigenvalue weighted by atomic mass is 35.5. The molecule has 2 atom stereocenters. The van der Waals surface area contributed by atoms with E-state index in [4.69, 9.17) is 11.6 Å². The van der Waals surface area contributed by atoms with Gasteiger partial charge in [0.1, 0.15) is 5.69 Å². The van der Waals surface area contributed by atoms with Crippen molar-refractivity contribution in [3.8, 4) is 0 Å². The number of ketones is 1. The van der Waals surface area contributed by atoms with Crippen molar-refractivity contribution in [2.45, 2.75) is 25.1 Å². The van der Waals surface area contributed by atoms with Gasteiger partial charge in [-0.3, -0.25) is 4.79 Å². The lowest BCUT2D eigenvalue weighted by atomic mass is 10.2. The van der Waals surface area contributed by atoms with Gasteiger partial charge in [-0.25, -0.2) is 4.98 Å². The summed E-state index contributed by atoms with van der Waals surface area (Å²) in [6.45, 7) is 5.44. The first-order valence-corrected chi connectivity index (χ1v) is 8.02. The van der Waals surface area contributed by atoms with E-state index in [2.05, 4.69) is 23.7 Å². The number of aromatic nitrogens is 1. The SMILES string of the molecule is CC1SCCN(c2nc(C(=O)CCl)cs2)C1C. The van der Waals surface area contributed by atoms with Crippen LogP contribution in [0.2, 0.25) is 0 Å². The second kappa shape index (κ2) is 5.59. The van der Waals surface area contributed by atoms with Crippen LogP contribution in [0.3, 0.4) is 0 Å². The molecule has 2 heterocycles. The van der Waals surface area contributed by atoms with Gasteiger partial charge in [-0.15, -0.1) is 22.9 Å². The van der Waals surface area contributed by atoms with E-state index < -0.39 is 0 Å². The number of halogens is 1. The third kappa shape index (κ3) is 2.77. The van der Waals surface area contributed by atoms with Crippen LogP contribution >= 0.6 is 34.7 Å². The number of alkyl halides is 1. The van der Waals surface area contributed by atoms with E-state index in [1.165, 1.54) is 11.3 Å². The summed E-state index contributed by atoms with van der Waals surface area (Å²) in [7, 11) is 0. The predicted molar refractivity (Wildman–Crippen MR) is 75.9 cm³/mol. The molecule has 1 aliphatic rings. The van der Waals surface area contributed by atoms with E-state index in [1.807, 2.05) is 11.8 Å². The largest absolute Gasteiger partial charge is 0.343 e. The van der Waals surface area contributed by atoms with Crippen molar-refractivity contribution in [2.75, 3.05) is 23.1 Å². The summed E-state index contributed by atoms with van der Waals surface area (Å²) >= 11 is 9.05. The maximum Gasteiger partial charge on any atom is 0.196 e. The average molecular weight is 291 g/mol. The maximum absolute atomic E-state index is 11.4. The Morgan fingerprint density at radius 3 is 3.12 bits per heavy atom. The van der Waals surface area contributed by atoms with Gasteiger partial charge in [0.2, 0.25) is 0 Å². The Morgan fingerprint density at radius 2 is 2.41 bits per heavy atom. The first-order valence-electron chi connectivity index (χ1n) is 5.56. The van der Waals surface area contributed by atoms with Gasteiger partial charge in [-0.1, -0.05) is 6.92 Å². The van der Waals surface area contributed by atoms with Gasteiger partial charge >= 0.3 is 0 Å². The van der Waals surface area contributed by atoms with Crippen LogP contribution in [0.1, 0.15) is 24.3 Å². The summed E-state index contributed by atoms with van der Waals surface area (Å²) in [6.07, 6.45) is 0. The Hall–Kier alpha value is -0.260. The Kier molecular flexibility index (Phi) is 4.33. The van der Waals surface area contributed by atoms with Gasteiger partial charge in [0.25, 0.3) is 0 Å². The van der Waals surface area contributed by atoms with Crippen LogP contribution in [0.5, 0.6) is 0 Å². The first-order chi connectivity index (χ1) is 8.13. The summed E-state index contributed by atoms with van der Waals surface area (Å²) < 4.78 is 0. The summed E-state index contributed by atoms with van der Waals surface area (Å²) in [6, 6.07) is 0.457. The van der Waals surface area contributed by atoms with E-state index in [-0.39, 0.29) is 11.7 Å². The molecule has 0 aliphatic carbocycles. The molecule has 3 nitrogen and oxygen atoms in total. The van der Waals surface area contributed by atoms with Crippen LogP contribution < -0.4 is 4.90 Å². The number of Topliss-reactive ketones (excluding diaryl/α,β-unsaturated/α-hetero) is 1. The van der Waals surface area contributed by atoms with Crippen LogP contribution in [-0.2, 0) is 0 Å². The molecule has 1 aliphatic heterocycles. The number of rotatable bonds is 3. The number of carbonyl (C=O) groups excluding carboxylic acids is 1. The lowest BCUT2D eigenvalue weighted by Crippen LogP contribution is -2.44. The van der Waals surface area contributed by atoms with E-state index in [9.17, 15) is 4.79 Å². The van der Waals surface area contributed by atoms with Gasteiger partial charge < -0.3 is 4.90 Å². The molecule has 94 valence electrons. The molecule has 1 aromatic rings. The molecule has 0 amide bonds. The Bertz CT molecular complexity index is 410. The van der Waals surface area contributed by atoms with E-state index >= 15 is 0 Å². The lowest BCUT2D eigenvalue weighted by Gasteiger charge is -2.37. The predicted octanol–water partition coefficient (Wildman–Crippen LogP) is 2.89. The zero-order chi connectivity index (χ0) is 12.4. The van der Waals surface area contributed by atoms with Crippen molar-refractivity contribution < 1.29 is 4.79 Å². The first kappa shape index (κ1) is 13.2. The lowest BCUT2D eigenvalue weighted by molar-refractivity contribution is 0.101. The van der Waals surface area contributed by atoms with Gasteiger partial charge in [-0.05, 0) is 6.92 Å². The standard InChI is InChI=1S/C11H15ClN2OS2/c1-7-8(2)16-4-3-14(7)11-13-9(6-17-11)10(15)5-12/h6-8H,3-5H2,1-2H3. The quantitative estimate of drug-likeness (QED) is 0.633. The topological polar surface area (TPSA) is 33.2 Å². The zero-order valence-corrected chi connectivity index (χ0v) is 12.2. The minimum absolute atomic E-state index is 0.00494. The maximum atomic E-state index is 11.4. The molecule has 17 heavy (non-hydrogen) atoms. The minimum atomic E-state index is -0.0961. The number of thioether (sulfide) groups is 1. The number of carbonyl (C=O) groups is 1. The Labute approximate surface area is 115 Å². The molecule has 0 radical (unpaired) electrons. The minimum Gasteiger partial charge on any atom is -0.343 e. The van der Waals surface area contributed by atoms with Gasteiger partial charge in [0.15, 0.2) is 10.9 Å². The highest BCUT2D eigenvalue weighted by Gasteiger charge is 2.27. The molecule has 0 N–H and O–H groups in total. The third-order valence-electron chi connectivity index (χ3n) is 3.03. The highest BCUT2D eigenvalue weighted by molar-refractivity contribution is 8.00.